The van der Waals surface area contributed by atoms with Crippen LogP contribution in [0.3, 0.4) is 0 Å². The summed E-state index contributed by atoms with van der Waals surface area (Å²) in [4.78, 5) is 14.1. The van der Waals surface area contributed by atoms with Gasteiger partial charge in [-0.15, -0.1) is 6.58 Å². The third kappa shape index (κ3) is 5.02. The number of amides is 1. The standard InChI is InChI=1S/C18H28N2O2/c1-4-5-6-18(21)19-12-16-7-9-20(10-8-16)13-17-11-14(2)22-15(17)3/h4,11,16H,1,5-10,12-13H2,2-3H3,(H,19,21). The molecular weight excluding hydrogens is 276 g/mol. The number of carbonyl (C=O) groups is 1. The van der Waals surface area contributed by atoms with Crippen molar-refractivity contribution in [2.45, 2.75) is 46.1 Å². The van der Waals surface area contributed by atoms with E-state index in [1.807, 2.05) is 13.8 Å². The predicted octanol–water partition coefficient (Wildman–Crippen LogP) is 3.19. The van der Waals surface area contributed by atoms with E-state index in [1.54, 1.807) is 6.08 Å². The molecule has 1 aromatic heterocycles. The highest BCUT2D eigenvalue weighted by atomic mass is 16.3. The lowest BCUT2D eigenvalue weighted by Gasteiger charge is -2.31. The Morgan fingerprint density at radius 1 is 1.45 bits per heavy atom. The van der Waals surface area contributed by atoms with Crippen LogP contribution < -0.4 is 5.32 Å². The Balaban J connectivity index is 1.68. The number of nitrogens with zero attached hydrogens (tertiary/aromatic N) is 1. The molecule has 4 nitrogen and oxygen atoms in total. The van der Waals surface area contributed by atoms with Gasteiger partial charge in [-0.3, -0.25) is 9.69 Å². The highest BCUT2D eigenvalue weighted by Crippen LogP contribution is 2.21. The Labute approximate surface area is 133 Å². The molecule has 122 valence electrons. The summed E-state index contributed by atoms with van der Waals surface area (Å²) in [5.74, 6) is 2.78. The Hall–Kier alpha value is -1.55. The molecule has 1 saturated heterocycles. The predicted molar refractivity (Wildman–Crippen MR) is 88.6 cm³/mol. The van der Waals surface area contributed by atoms with E-state index >= 15 is 0 Å². The minimum absolute atomic E-state index is 0.145. The lowest BCUT2D eigenvalue weighted by Crippen LogP contribution is -2.38. The maximum Gasteiger partial charge on any atom is 0.220 e. The SMILES string of the molecule is C=CCCC(=O)NCC1CCN(Cc2cc(C)oc2C)CC1. The van der Waals surface area contributed by atoms with Crippen molar-refractivity contribution in [2.24, 2.45) is 5.92 Å². The minimum atomic E-state index is 0.145. The van der Waals surface area contributed by atoms with E-state index < -0.39 is 0 Å². The molecule has 22 heavy (non-hydrogen) atoms. The van der Waals surface area contributed by atoms with Gasteiger partial charge in [-0.1, -0.05) is 6.08 Å². The van der Waals surface area contributed by atoms with Crippen LogP contribution in [-0.4, -0.2) is 30.4 Å². The van der Waals surface area contributed by atoms with Crippen LogP contribution in [0.2, 0.25) is 0 Å². The van der Waals surface area contributed by atoms with Gasteiger partial charge in [0.2, 0.25) is 5.91 Å². The summed E-state index contributed by atoms with van der Waals surface area (Å²) in [5, 5.41) is 3.04. The summed E-state index contributed by atoms with van der Waals surface area (Å²) in [6, 6.07) is 2.14. The maximum atomic E-state index is 11.6. The summed E-state index contributed by atoms with van der Waals surface area (Å²) < 4.78 is 5.59. The van der Waals surface area contributed by atoms with Crippen molar-refractivity contribution in [2.75, 3.05) is 19.6 Å². The van der Waals surface area contributed by atoms with E-state index in [2.05, 4.69) is 22.9 Å². The van der Waals surface area contributed by atoms with Crippen molar-refractivity contribution >= 4 is 5.91 Å². The molecule has 0 spiro atoms. The number of likely N-dealkylation sites (tertiary alicyclic amines) is 1. The van der Waals surface area contributed by atoms with Crippen LogP contribution in [0, 0.1) is 19.8 Å². The van der Waals surface area contributed by atoms with E-state index in [9.17, 15) is 4.79 Å². The number of rotatable bonds is 7. The van der Waals surface area contributed by atoms with Gasteiger partial charge in [0.1, 0.15) is 11.5 Å². The fourth-order valence-corrected chi connectivity index (χ4v) is 3.01. The van der Waals surface area contributed by atoms with Gasteiger partial charge in [-0.2, -0.15) is 0 Å². The van der Waals surface area contributed by atoms with Crippen LogP contribution >= 0.6 is 0 Å². The number of nitrogens with one attached hydrogen (secondary N) is 1. The molecule has 0 saturated carbocycles. The molecule has 4 heteroatoms. The average molecular weight is 304 g/mol. The topological polar surface area (TPSA) is 45.5 Å². The van der Waals surface area contributed by atoms with E-state index in [-0.39, 0.29) is 5.91 Å². The first-order valence-corrected chi connectivity index (χ1v) is 8.24. The van der Waals surface area contributed by atoms with Gasteiger partial charge in [-0.05, 0) is 58.2 Å². The number of piperidine rings is 1. The summed E-state index contributed by atoms with van der Waals surface area (Å²) >= 11 is 0. The summed E-state index contributed by atoms with van der Waals surface area (Å²) in [7, 11) is 0. The zero-order valence-corrected chi connectivity index (χ0v) is 13.9. The maximum absolute atomic E-state index is 11.6. The van der Waals surface area contributed by atoms with Gasteiger partial charge in [0, 0.05) is 25.1 Å². The molecule has 0 unspecified atom stereocenters. The smallest absolute Gasteiger partial charge is 0.220 e. The van der Waals surface area contributed by atoms with E-state index in [4.69, 9.17) is 4.42 Å². The second kappa shape index (κ2) is 8.18. The van der Waals surface area contributed by atoms with Crippen molar-refractivity contribution in [3.63, 3.8) is 0 Å². The monoisotopic (exact) mass is 304 g/mol. The third-order valence-electron chi connectivity index (χ3n) is 4.41. The number of furan rings is 1. The zero-order valence-electron chi connectivity index (χ0n) is 13.9. The molecule has 2 rings (SSSR count). The molecule has 0 aliphatic carbocycles. The van der Waals surface area contributed by atoms with Crippen molar-refractivity contribution in [3.05, 3.63) is 35.8 Å². The van der Waals surface area contributed by atoms with Crippen LogP contribution in [0.25, 0.3) is 0 Å². The fourth-order valence-electron chi connectivity index (χ4n) is 3.01. The van der Waals surface area contributed by atoms with Crippen LogP contribution in [0.1, 0.15) is 42.8 Å². The quantitative estimate of drug-likeness (QED) is 0.787. The molecule has 0 bridgehead atoms. The van der Waals surface area contributed by atoms with Crippen molar-refractivity contribution in [1.29, 1.82) is 0 Å². The highest BCUT2D eigenvalue weighted by molar-refractivity contribution is 5.75. The average Bonchev–Trinajstić information content (AvgIpc) is 2.82. The van der Waals surface area contributed by atoms with E-state index in [0.29, 0.717) is 12.3 Å². The summed E-state index contributed by atoms with van der Waals surface area (Å²) in [5.41, 5.74) is 1.30. The highest BCUT2D eigenvalue weighted by Gasteiger charge is 2.20. The van der Waals surface area contributed by atoms with Gasteiger partial charge in [0.25, 0.3) is 0 Å². The summed E-state index contributed by atoms with van der Waals surface area (Å²) in [6.07, 6.45) is 5.40. The van der Waals surface area contributed by atoms with Gasteiger partial charge in [0.15, 0.2) is 0 Å². The first-order chi connectivity index (χ1) is 10.6. The van der Waals surface area contributed by atoms with Crippen LogP contribution in [0.15, 0.2) is 23.1 Å². The van der Waals surface area contributed by atoms with Gasteiger partial charge >= 0.3 is 0 Å². The second-order valence-corrected chi connectivity index (χ2v) is 6.29. The normalized spacial score (nSPS) is 16.6. The molecule has 1 N–H and O–H groups in total. The molecule has 0 aromatic carbocycles. The second-order valence-electron chi connectivity index (χ2n) is 6.29. The Kier molecular flexibility index (Phi) is 6.25. The van der Waals surface area contributed by atoms with Crippen molar-refractivity contribution < 1.29 is 9.21 Å². The lowest BCUT2D eigenvalue weighted by molar-refractivity contribution is -0.121. The molecule has 1 amide bonds. The molecular formula is C18H28N2O2. The Bertz CT molecular complexity index is 499. The first kappa shape index (κ1) is 16.8. The lowest BCUT2D eigenvalue weighted by atomic mass is 9.96. The van der Waals surface area contributed by atoms with Gasteiger partial charge in [0.05, 0.1) is 0 Å². The first-order valence-electron chi connectivity index (χ1n) is 8.24. The molecule has 1 aromatic rings. The minimum Gasteiger partial charge on any atom is -0.466 e. The molecule has 0 atom stereocenters. The molecule has 1 fully saturated rings. The number of carbonyl (C=O) groups excluding carboxylic acids is 1. The van der Waals surface area contributed by atoms with Gasteiger partial charge in [-0.25, -0.2) is 0 Å². The fraction of sp³-hybridized carbons (Fsp3) is 0.611. The van der Waals surface area contributed by atoms with Crippen LogP contribution in [0.4, 0.5) is 0 Å². The van der Waals surface area contributed by atoms with E-state index in [1.165, 1.54) is 5.56 Å². The number of allylic oxidation sites excluding steroid dienone is 1. The van der Waals surface area contributed by atoms with Crippen molar-refractivity contribution in [1.82, 2.24) is 10.2 Å². The number of hydrogen-bond donors (Lipinski definition) is 1. The zero-order chi connectivity index (χ0) is 15.9. The van der Waals surface area contributed by atoms with Gasteiger partial charge < -0.3 is 9.73 Å². The number of aryl methyl sites for hydroxylation is 2. The molecule has 1 aliphatic rings. The Morgan fingerprint density at radius 3 is 2.77 bits per heavy atom. The third-order valence-corrected chi connectivity index (χ3v) is 4.41. The van der Waals surface area contributed by atoms with E-state index in [0.717, 1.165) is 57.0 Å². The summed E-state index contributed by atoms with van der Waals surface area (Å²) in [6.45, 7) is 11.6. The molecule has 0 radical (unpaired) electrons. The van der Waals surface area contributed by atoms with Crippen LogP contribution in [0.5, 0.6) is 0 Å². The molecule has 1 aliphatic heterocycles. The molecule has 2 heterocycles. The van der Waals surface area contributed by atoms with Crippen molar-refractivity contribution in [3.8, 4) is 0 Å². The Morgan fingerprint density at radius 2 is 2.18 bits per heavy atom. The van der Waals surface area contributed by atoms with Crippen LogP contribution in [-0.2, 0) is 11.3 Å². The number of hydrogen-bond acceptors (Lipinski definition) is 3. The largest absolute Gasteiger partial charge is 0.466 e.